The van der Waals surface area contributed by atoms with Gasteiger partial charge in [-0.05, 0) is 49.4 Å². The second-order valence-electron chi connectivity index (χ2n) is 10.8. The Morgan fingerprint density at radius 2 is 2.00 bits per heavy atom. The number of likely N-dealkylation sites (tertiary alicyclic amines) is 1. The van der Waals surface area contributed by atoms with Crippen LogP contribution in [0.1, 0.15) is 54.1 Å². The van der Waals surface area contributed by atoms with E-state index in [1.807, 2.05) is 0 Å². The van der Waals surface area contributed by atoms with E-state index in [0.717, 1.165) is 55.5 Å². The molecule has 1 saturated carbocycles. The van der Waals surface area contributed by atoms with Crippen molar-refractivity contribution in [1.82, 2.24) is 14.8 Å². The van der Waals surface area contributed by atoms with Gasteiger partial charge in [0.1, 0.15) is 18.2 Å². The van der Waals surface area contributed by atoms with Crippen LogP contribution in [0.2, 0.25) is 0 Å². The van der Waals surface area contributed by atoms with Crippen molar-refractivity contribution in [3.05, 3.63) is 64.6 Å². The van der Waals surface area contributed by atoms with E-state index in [4.69, 9.17) is 4.74 Å². The minimum Gasteiger partial charge on any atom is -0.492 e. The predicted molar refractivity (Wildman–Crippen MR) is 129 cm³/mol. The number of H-pyrrole nitrogens is 1. The van der Waals surface area contributed by atoms with Gasteiger partial charge in [0.05, 0.1) is 12.7 Å². The average molecular weight is 464 g/mol. The van der Waals surface area contributed by atoms with Gasteiger partial charge < -0.3 is 9.72 Å². The summed E-state index contributed by atoms with van der Waals surface area (Å²) in [6, 6.07) is 12.9. The van der Waals surface area contributed by atoms with E-state index in [9.17, 15) is 4.39 Å². The molecule has 0 bridgehead atoms. The van der Waals surface area contributed by atoms with E-state index in [1.54, 1.807) is 6.07 Å². The maximum Gasteiger partial charge on any atom is 0.132 e. The zero-order valence-corrected chi connectivity index (χ0v) is 19.6. The van der Waals surface area contributed by atoms with Crippen molar-refractivity contribution < 1.29 is 13.5 Å². The lowest BCUT2D eigenvalue weighted by Gasteiger charge is -2.57. The van der Waals surface area contributed by atoms with Crippen LogP contribution in [0.25, 0.3) is 10.9 Å². The fourth-order valence-corrected chi connectivity index (χ4v) is 7.03. The van der Waals surface area contributed by atoms with Crippen molar-refractivity contribution in [1.29, 1.82) is 0 Å². The molecule has 4 aliphatic rings. The lowest BCUT2D eigenvalue weighted by Crippen LogP contribution is -2.57. The molecule has 0 radical (unpaired) electrons. The Hall–Kier alpha value is -2.44. The largest absolute Gasteiger partial charge is 0.492 e. The lowest BCUT2D eigenvalue weighted by molar-refractivity contribution is 0.0119. The van der Waals surface area contributed by atoms with E-state index in [-0.39, 0.29) is 24.5 Å². The number of hydrogen-bond acceptors (Lipinski definition) is 3. The standard InChI is InChI=1S/C28H31F2N3O/c1-16-10-22-19-4-2-3-5-24(19)31-27(22)28-26-21(20-6-7-25(20)33(16)28)11-18(12-23(26)30)34-9-8-32-14-17(13-29)15-32/h2-5,11-12,16-17,20,25,28,31H,6-10,13-15H2,1H3/t16-,20?,25?,28-/m1/s1. The Labute approximate surface area is 198 Å². The molecule has 1 N–H and O–H groups in total. The molecule has 0 amide bonds. The second kappa shape index (κ2) is 7.79. The van der Waals surface area contributed by atoms with Crippen LogP contribution >= 0.6 is 0 Å². The van der Waals surface area contributed by atoms with E-state index in [1.165, 1.54) is 16.6 Å². The van der Waals surface area contributed by atoms with Crippen LogP contribution in [0.5, 0.6) is 5.75 Å². The van der Waals surface area contributed by atoms with Crippen molar-refractivity contribution in [2.75, 3.05) is 32.9 Å². The zero-order valence-electron chi connectivity index (χ0n) is 19.6. The van der Waals surface area contributed by atoms with Gasteiger partial charge in [-0.25, -0.2) is 4.39 Å². The van der Waals surface area contributed by atoms with Crippen LogP contribution in [-0.2, 0) is 6.42 Å². The molecule has 0 spiro atoms. The first-order chi connectivity index (χ1) is 16.6. The van der Waals surface area contributed by atoms with E-state index < -0.39 is 0 Å². The highest BCUT2D eigenvalue weighted by Crippen LogP contribution is 2.56. The van der Waals surface area contributed by atoms with Gasteiger partial charge in [0.2, 0.25) is 0 Å². The molecule has 2 unspecified atom stereocenters. The second-order valence-corrected chi connectivity index (χ2v) is 10.8. The summed E-state index contributed by atoms with van der Waals surface area (Å²) in [6.07, 6.45) is 3.27. The summed E-state index contributed by atoms with van der Waals surface area (Å²) in [6.45, 7) is 4.91. The molecule has 4 heterocycles. The molecular weight excluding hydrogens is 432 g/mol. The molecule has 2 aromatic carbocycles. The summed E-state index contributed by atoms with van der Waals surface area (Å²) in [5.41, 5.74) is 5.61. The number of benzene rings is 2. The fraction of sp³-hybridized carbons (Fsp3) is 0.500. The third kappa shape index (κ3) is 3.01. The number of rotatable bonds is 5. The van der Waals surface area contributed by atoms with Gasteiger partial charge >= 0.3 is 0 Å². The van der Waals surface area contributed by atoms with E-state index in [0.29, 0.717) is 30.4 Å². The first-order valence-corrected chi connectivity index (χ1v) is 12.7. The normalized spacial score (nSPS) is 28.4. The first kappa shape index (κ1) is 20.9. The summed E-state index contributed by atoms with van der Waals surface area (Å²) in [4.78, 5) is 8.45. The lowest BCUT2D eigenvalue weighted by atomic mass is 9.66. The molecule has 3 aliphatic heterocycles. The maximum atomic E-state index is 15.9. The van der Waals surface area contributed by atoms with Crippen LogP contribution in [0, 0.1) is 11.7 Å². The molecule has 4 atom stereocenters. The van der Waals surface area contributed by atoms with Crippen molar-refractivity contribution in [2.45, 2.75) is 50.2 Å². The smallest absolute Gasteiger partial charge is 0.132 e. The molecule has 1 aromatic heterocycles. The first-order valence-electron chi connectivity index (χ1n) is 12.7. The third-order valence-electron chi connectivity index (χ3n) is 8.78. The van der Waals surface area contributed by atoms with Gasteiger partial charge in [0, 0.05) is 71.8 Å². The third-order valence-corrected chi connectivity index (χ3v) is 8.78. The van der Waals surface area contributed by atoms with E-state index >= 15 is 4.39 Å². The molecule has 3 aromatic rings. The topological polar surface area (TPSA) is 31.5 Å². The summed E-state index contributed by atoms with van der Waals surface area (Å²) in [5.74, 6) is 1.01. The number of halogens is 2. The summed E-state index contributed by atoms with van der Waals surface area (Å²) in [7, 11) is 0. The number of alkyl halides is 1. The number of nitrogens with zero attached hydrogens (tertiary/aromatic N) is 2. The Bertz CT molecular complexity index is 1250. The highest BCUT2D eigenvalue weighted by atomic mass is 19.1. The van der Waals surface area contributed by atoms with Crippen molar-refractivity contribution in [3.63, 3.8) is 0 Å². The molecule has 178 valence electrons. The number of hydrogen-bond donors (Lipinski definition) is 1. The number of para-hydroxylation sites is 1. The number of nitrogens with one attached hydrogen (secondary N) is 1. The predicted octanol–water partition coefficient (Wildman–Crippen LogP) is 5.18. The number of ether oxygens (including phenoxy) is 1. The monoisotopic (exact) mass is 463 g/mol. The Morgan fingerprint density at radius 3 is 2.79 bits per heavy atom. The van der Waals surface area contributed by atoms with Crippen LogP contribution in [0.4, 0.5) is 8.78 Å². The van der Waals surface area contributed by atoms with Crippen molar-refractivity contribution in [3.8, 4) is 5.75 Å². The summed E-state index contributed by atoms with van der Waals surface area (Å²) >= 11 is 0. The van der Waals surface area contributed by atoms with Gasteiger partial charge in [-0.2, -0.15) is 0 Å². The summed E-state index contributed by atoms with van der Waals surface area (Å²) in [5, 5.41) is 1.27. The minimum absolute atomic E-state index is 0.0736. The molecule has 1 aliphatic carbocycles. The van der Waals surface area contributed by atoms with Gasteiger partial charge in [0.15, 0.2) is 0 Å². The van der Waals surface area contributed by atoms with Crippen LogP contribution < -0.4 is 4.74 Å². The van der Waals surface area contributed by atoms with Gasteiger partial charge in [-0.15, -0.1) is 0 Å². The van der Waals surface area contributed by atoms with Gasteiger partial charge in [0.25, 0.3) is 0 Å². The van der Waals surface area contributed by atoms with Crippen LogP contribution in [0.3, 0.4) is 0 Å². The molecule has 4 nitrogen and oxygen atoms in total. The van der Waals surface area contributed by atoms with Crippen LogP contribution in [0.15, 0.2) is 36.4 Å². The van der Waals surface area contributed by atoms with Crippen molar-refractivity contribution >= 4 is 10.9 Å². The number of aromatic nitrogens is 1. The Kier molecular flexibility index (Phi) is 4.78. The molecule has 34 heavy (non-hydrogen) atoms. The molecule has 7 rings (SSSR count). The van der Waals surface area contributed by atoms with Crippen LogP contribution in [-0.4, -0.2) is 59.8 Å². The average Bonchev–Trinajstić information content (AvgIpc) is 3.13. The number of aromatic amines is 1. The molecule has 6 heteroatoms. The van der Waals surface area contributed by atoms with Crippen molar-refractivity contribution in [2.24, 2.45) is 5.92 Å². The molecule has 2 fully saturated rings. The minimum atomic E-state index is -0.245. The Morgan fingerprint density at radius 1 is 1.15 bits per heavy atom. The maximum absolute atomic E-state index is 15.9. The highest BCUT2D eigenvalue weighted by molar-refractivity contribution is 5.85. The quantitative estimate of drug-likeness (QED) is 0.566. The molecule has 1 saturated heterocycles. The summed E-state index contributed by atoms with van der Waals surface area (Å²) < 4.78 is 34.6. The number of fused-ring (bicyclic) bond motifs is 10. The molecular formula is C28H31F2N3O. The van der Waals surface area contributed by atoms with E-state index in [2.05, 4.69) is 52.0 Å². The SMILES string of the molecule is C[C@@H]1Cc2c([nH]c3ccccc23)[C@H]2c3c(F)cc(OCCN4CC(CF)C4)cc3C3CCC3N21. The highest BCUT2D eigenvalue weighted by Gasteiger charge is 2.51. The zero-order chi connectivity index (χ0) is 23.0. The fourth-order valence-electron chi connectivity index (χ4n) is 7.03. The Balaban J connectivity index is 1.24. The van der Waals surface area contributed by atoms with Gasteiger partial charge in [-0.3, -0.25) is 14.2 Å². The van der Waals surface area contributed by atoms with Gasteiger partial charge in [-0.1, -0.05) is 18.2 Å².